The molecule has 0 bridgehead atoms. The zero-order chi connectivity index (χ0) is 22.0. The number of nitro benzene ring substituents is 1. The Bertz CT molecular complexity index is 1150. The van der Waals surface area contributed by atoms with Crippen molar-refractivity contribution in [3.05, 3.63) is 70.0 Å². The molecule has 1 saturated heterocycles. The van der Waals surface area contributed by atoms with Crippen LogP contribution in [-0.4, -0.2) is 34.7 Å². The first-order chi connectivity index (χ1) is 14.9. The highest BCUT2D eigenvalue weighted by atomic mass is 16.6. The molecule has 2 amide bonds. The van der Waals surface area contributed by atoms with E-state index < -0.39 is 4.92 Å². The molecule has 8 nitrogen and oxygen atoms in total. The number of anilines is 1. The number of nitrogens with zero attached hydrogens (tertiary/aromatic N) is 2. The Balaban J connectivity index is 1.60. The van der Waals surface area contributed by atoms with Gasteiger partial charge in [0.05, 0.1) is 11.3 Å². The summed E-state index contributed by atoms with van der Waals surface area (Å²) in [5.74, 6) is 0.0686. The maximum Gasteiger partial charge on any atom is 0.291 e. The Kier molecular flexibility index (Phi) is 5.70. The van der Waals surface area contributed by atoms with Gasteiger partial charge in [0.25, 0.3) is 11.6 Å². The SMILES string of the molecule is CC1CCN(C(=O)c2oc3ccccc3c2NC(=O)Cc2cccc([N+](=O)[O-])c2)CC1. The highest BCUT2D eigenvalue weighted by molar-refractivity contribution is 6.11. The van der Waals surface area contributed by atoms with Crippen LogP contribution < -0.4 is 5.32 Å². The van der Waals surface area contributed by atoms with Gasteiger partial charge in [0.15, 0.2) is 0 Å². The molecule has 1 N–H and O–H groups in total. The molecule has 2 aromatic carbocycles. The number of hydrogen-bond acceptors (Lipinski definition) is 5. The van der Waals surface area contributed by atoms with Crippen molar-refractivity contribution in [1.29, 1.82) is 0 Å². The van der Waals surface area contributed by atoms with Crippen molar-refractivity contribution in [3.8, 4) is 0 Å². The van der Waals surface area contributed by atoms with Crippen molar-refractivity contribution in [2.24, 2.45) is 5.92 Å². The smallest absolute Gasteiger partial charge is 0.291 e. The number of carbonyl (C=O) groups is 2. The number of rotatable bonds is 5. The number of amides is 2. The highest BCUT2D eigenvalue weighted by Crippen LogP contribution is 2.33. The van der Waals surface area contributed by atoms with E-state index in [1.807, 2.05) is 6.07 Å². The molecule has 1 fully saturated rings. The average Bonchev–Trinajstić information content (AvgIpc) is 3.12. The fourth-order valence-corrected chi connectivity index (χ4v) is 3.82. The number of nitrogens with one attached hydrogen (secondary N) is 1. The van der Waals surface area contributed by atoms with E-state index in [1.54, 1.807) is 35.2 Å². The third kappa shape index (κ3) is 4.42. The first-order valence-corrected chi connectivity index (χ1v) is 10.3. The van der Waals surface area contributed by atoms with E-state index >= 15 is 0 Å². The van der Waals surface area contributed by atoms with Gasteiger partial charge in [-0.2, -0.15) is 0 Å². The van der Waals surface area contributed by atoms with Crippen LogP contribution in [0.5, 0.6) is 0 Å². The van der Waals surface area contributed by atoms with Crippen molar-refractivity contribution < 1.29 is 18.9 Å². The fraction of sp³-hybridized carbons (Fsp3) is 0.304. The van der Waals surface area contributed by atoms with E-state index in [2.05, 4.69) is 12.2 Å². The number of furan rings is 1. The molecular formula is C23H23N3O5. The van der Waals surface area contributed by atoms with Gasteiger partial charge >= 0.3 is 0 Å². The van der Waals surface area contributed by atoms with Crippen LogP contribution in [0.4, 0.5) is 11.4 Å². The van der Waals surface area contributed by atoms with E-state index in [0.29, 0.717) is 41.2 Å². The van der Waals surface area contributed by atoms with Gasteiger partial charge in [0.2, 0.25) is 11.7 Å². The lowest BCUT2D eigenvalue weighted by Gasteiger charge is -2.29. The second-order valence-corrected chi connectivity index (χ2v) is 7.93. The summed E-state index contributed by atoms with van der Waals surface area (Å²) in [4.78, 5) is 38.2. The summed E-state index contributed by atoms with van der Waals surface area (Å²) in [7, 11) is 0. The van der Waals surface area contributed by atoms with Gasteiger partial charge in [-0.3, -0.25) is 19.7 Å². The number of hydrogen-bond donors (Lipinski definition) is 1. The molecule has 0 atom stereocenters. The molecule has 1 aromatic heterocycles. The van der Waals surface area contributed by atoms with E-state index in [0.717, 1.165) is 12.8 Å². The predicted molar refractivity (Wildman–Crippen MR) is 116 cm³/mol. The number of non-ortho nitro benzene ring substituents is 1. The van der Waals surface area contributed by atoms with Gasteiger partial charge < -0.3 is 14.6 Å². The number of benzene rings is 2. The number of nitro groups is 1. The summed E-state index contributed by atoms with van der Waals surface area (Å²) < 4.78 is 5.85. The Morgan fingerprint density at radius 1 is 1.16 bits per heavy atom. The van der Waals surface area contributed by atoms with Gasteiger partial charge in [-0.15, -0.1) is 0 Å². The Labute approximate surface area is 179 Å². The van der Waals surface area contributed by atoms with Crippen molar-refractivity contribution in [1.82, 2.24) is 4.90 Å². The third-order valence-corrected chi connectivity index (χ3v) is 5.61. The van der Waals surface area contributed by atoms with E-state index in [-0.39, 0.29) is 29.7 Å². The van der Waals surface area contributed by atoms with E-state index in [9.17, 15) is 19.7 Å². The number of fused-ring (bicyclic) bond motifs is 1. The largest absolute Gasteiger partial charge is 0.449 e. The molecule has 2 heterocycles. The molecule has 31 heavy (non-hydrogen) atoms. The van der Waals surface area contributed by atoms with Crippen LogP contribution in [-0.2, 0) is 11.2 Å². The Morgan fingerprint density at radius 3 is 2.65 bits per heavy atom. The molecule has 0 spiro atoms. The summed E-state index contributed by atoms with van der Waals surface area (Å²) in [6, 6.07) is 13.1. The van der Waals surface area contributed by atoms with Crippen molar-refractivity contribution in [2.75, 3.05) is 18.4 Å². The Morgan fingerprint density at radius 2 is 1.90 bits per heavy atom. The minimum absolute atomic E-state index is 0.0595. The number of para-hydroxylation sites is 1. The van der Waals surface area contributed by atoms with Crippen LogP contribution >= 0.6 is 0 Å². The van der Waals surface area contributed by atoms with Crippen molar-refractivity contribution in [2.45, 2.75) is 26.2 Å². The van der Waals surface area contributed by atoms with Crippen molar-refractivity contribution in [3.63, 3.8) is 0 Å². The molecule has 0 aliphatic carbocycles. The topological polar surface area (TPSA) is 106 Å². The quantitative estimate of drug-likeness (QED) is 0.486. The van der Waals surface area contributed by atoms with Crippen LogP contribution in [0, 0.1) is 16.0 Å². The van der Waals surface area contributed by atoms with Gasteiger partial charge in [0, 0.05) is 30.6 Å². The maximum atomic E-state index is 13.2. The van der Waals surface area contributed by atoms with Gasteiger partial charge in [-0.1, -0.05) is 31.2 Å². The van der Waals surface area contributed by atoms with Gasteiger partial charge in [-0.25, -0.2) is 0 Å². The maximum absolute atomic E-state index is 13.2. The molecule has 8 heteroatoms. The molecular weight excluding hydrogens is 398 g/mol. The zero-order valence-electron chi connectivity index (χ0n) is 17.2. The first kappa shape index (κ1) is 20.6. The molecule has 1 aliphatic rings. The van der Waals surface area contributed by atoms with Gasteiger partial charge in [0.1, 0.15) is 11.3 Å². The molecule has 0 unspecified atom stereocenters. The summed E-state index contributed by atoms with van der Waals surface area (Å²) >= 11 is 0. The zero-order valence-corrected chi connectivity index (χ0v) is 17.2. The lowest BCUT2D eigenvalue weighted by Crippen LogP contribution is -2.38. The van der Waals surface area contributed by atoms with Gasteiger partial charge in [-0.05, 0) is 36.5 Å². The number of carbonyl (C=O) groups excluding carboxylic acids is 2. The Hall–Kier alpha value is -3.68. The van der Waals surface area contributed by atoms with Crippen LogP contribution in [0.25, 0.3) is 11.0 Å². The molecule has 4 rings (SSSR count). The lowest BCUT2D eigenvalue weighted by atomic mass is 9.99. The normalized spacial score (nSPS) is 14.5. The molecule has 0 saturated carbocycles. The van der Waals surface area contributed by atoms with E-state index in [1.165, 1.54) is 12.1 Å². The lowest BCUT2D eigenvalue weighted by molar-refractivity contribution is -0.384. The third-order valence-electron chi connectivity index (χ3n) is 5.61. The monoisotopic (exact) mass is 421 g/mol. The fourth-order valence-electron chi connectivity index (χ4n) is 3.82. The summed E-state index contributed by atoms with van der Waals surface area (Å²) in [5.41, 5.74) is 1.29. The molecule has 3 aromatic rings. The molecule has 0 radical (unpaired) electrons. The summed E-state index contributed by atoms with van der Waals surface area (Å²) in [6.07, 6.45) is 1.80. The average molecular weight is 421 g/mol. The number of piperidine rings is 1. The van der Waals surface area contributed by atoms with Crippen LogP contribution in [0.3, 0.4) is 0 Å². The predicted octanol–water partition coefficient (Wildman–Crippen LogP) is 4.39. The van der Waals surface area contributed by atoms with Crippen LogP contribution in [0.2, 0.25) is 0 Å². The minimum atomic E-state index is -0.499. The second-order valence-electron chi connectivity index (χ2n) is 7.93. The molecule has 160 valence electrons. The van der Waals surface area contributed by atoms with Crippen LogP contribution in [0.1, 0.15) is 35.9 Å². The second kappa shape index (κ2) is 8.59. The minimum Gasteiger partial charge on any atom is -0.449 e. The van der Waals surface area contributed by atoms with E-state index in [4.69, 9.17) is 4.42 Å². The summed E-state index contributed by atoms with van der Waals surface area (Å²) in [6.45, 7) is 3.47. The number of likely N-dealkylation sites (tertiary alicyclic amines) is 1. The first-order valence-electron chi connectivity index (χ1n) is 10.3. The standard InChI is InChI=1S/C23H23N3O5/c1-15-9-11-25(12-10-15)23(28)22-21(18-7-2-3-8-19(18)31-22)24-20(27)14-16-5-4-6-17(13-16)26(29)30/h2-8,13,15H,9-12,14H2,1H3,(H,24,27). The highest BCUT2D eigenvalue weighted by Gasteiger charge is 2.28. The van der Waals surface area contributed by atoms with Crippen LogP contribution in [0.15, 0.2) is 52.9 Å². The summed E-state index contributed by atoms with van der Waals surface area (Å²) in [5, 5.41) is 14.4. The van der Waals surface area contributed by atoms with Crippen molar-refractivity contribution >= 4 is 34.2 Å². The molecule has 1 aliphatic heterocycles.